The predicted octanol–water partition coefficient (Wildman–Crippen LogP) is 4.18. The summed E-state index contributed by atoms with van der Waals surface area (Å²) in [4.78, 5) is 15.5. The van der Waals surface area contributed by atoms with E-state index >= 15 is 0 Å². The van der Waals surface area contributed by atoms with Gasteiger partial charge >= 0.3 is 6.18 Å². The molecular weight excluding hydrogens is 449 g/mol. The van der Waals surface area contributed by atoms with Gasteiger partial charge in [0.15, 0.2) is 0 Å². The van der Waals surface area contributed by atoms with Crippen molar-refractivity contribution in [3.8, 4) is 0 Å². The maximum absolute atomic E-state index is 13.0. The third-order valence-corrected chi connectivity index (χ3v) is 8.02. The Morgan fingerprint density at radius 3 is 2.24 bits per heavy atom. The Morgan fingerprint density at radius 2 is 1.72 bits per heavy atom. The Kier molecular flexibility index (Phi) is 6.01. The molecule has 1 saturated heterocycles. The molecule has 0 spiro atoms. The van der Waals surface area contributed by atoms with Crippen molar-refractivity contribution in [2.24, 2.45) is 0 Å². The topological polar surface area (TPSA) is 57.7 Å². The molecule has 0 unspecified atom stereocenters. The fraction of sp³-hybridized carbons (Fsp3) is 0.389. The fourth-order valence-corrected chi connectivity index (χ4v) is 6.00. The minimum absolute atomic E-state index is 0.0250. The van der Waals surface area contributed by atoms with E-state index in [0.717, 1.165) is 26.2 Å². The van der Waals surface area contributed by atoms with E-state index in [4.69, 9.17) is 11.6 Å². The Morgan fingerprint density at radius 1 is 1.10 bits per heavy atom. The second-order valence-corrected chi connectivity index (χ2v) is 10.4. The maximum Gasteiger partial charge on any atom is 0.416 e. The summed E-state index contributed by atoms with van der Waals surface area (Å²) in [5, 5.41) is -0.277. The smallest absolute Gasteiger partial charge is 0.336 e. The number of hydrogen-bond acceptors (Lipinski definition) is 4. The van der Waals surface area contributed by atoms with Gasteiger partial charge in [-0.25, -0.2) is 8.42 Å². The zero-order valence-corrected chi connectivity index (χ0v) is 18.0. The van der Waals surface area contributed by atoms with Crippen molar-refractivity contribution in [1.82, 2.24) is 9.21 Å². The second-order valence-electron chi connectivity index (χ2n) is 6.67. The number of carbonyl (C=O) groups is 1. The summed E-state index contributed by atoms with van der Waals surface area (Å²) in [7, 11) is -4.23. The number of alkyl halides is 3. The number of hydrogen-bond donors (Lipinski definition) is 0. The van der Waals surface area contributed by atoms with Crippen LogP contribution < -0.4 is 0 Å². The van der Waals surface area contributed by atoms with E-state index in [1.165, 1.54) is 11.3 Å². The second kappa shape index (κ2) is 7.90. The van der Waals surface area contributed by atoms with E-state index in [1.54, 1.807) is 11.0 Å². The van der Waals surface area contributed by atoms with E-state index in [9.17, 15) is 26.4 Å². The normalized spacial score (nSPS) is 16.3. The molecule has 158 valence electrons. The van der Waals surface area contributed by atoms with Gasteiger partial charge in [0.1, 0.15) is 4.90 Å². The lowest BCUT2D eigenvalue weighted by molar-refractivity contribution is -0.137. The number of thiophene rings is 1. The Balaban J connectivity index is 1.78. The number of benzene rings is 1. The highest BCUT2D eigenvalue weighted by atomic mass is 35.5. The Bertz CT molecular complexity index is 1040. The predicted molar refractivity (Wildman–Crippen MR) is 105 cm³/mol. The lowest BCUT2D eigenvalue weighted by atomic mass is 10.2. The van der Waals surface area contributed by atoms with Gasteiger partial charge in [-0.15, -0.1) is 11.3 Å². The molecule has 3 rings (SSSR count). The Hall–Kier alpha value is -1.62. The van der Waals surface area contributed by atoms with E-state index in [-0.39, 0.29) is 37.1 Å². The summed E-state index contributed by atoms with van der Waals surface area (Å²) in [5.41, 5.74) is -0.498. The first-order chi connectivity index (χ1) is 13.4. The highest BCUT2D eigenvalue weighted by Gasteiger charge is 2.36. The van der Waals surface area contributed by atoms with E-state index in [2.05, 4.69) is 0 Å². The van der Waals surface area contributed by atoms with Crippen molar-refractivity contribution in [2.45, 2.75) is 24.9 Å². The van der Waals surface area contributed by atoms with Crippen molar-refractivity contribution < 1.29 is 26.4 Å². The molecule has 0 atom stereocenters. The number of rotatable bonds is 3. The van der Waals surface area contributed by atoms with Gasteiger partial charge in [-0.3, -0.25) is 4.79 Å². The van der Waals surface area contributed by atoms with Gasteiger partial charge < -0.3 is 4.90 Å². The van der Waals surface area contributed by atoms with Crippen LogP contribution >= 0.6 is 22.9 Å². The molecule has 5 nitrogen and oxygen atoms in total. The standard InChI is InChI=1S/C18H18ClF3N2O3S2/c1-11-9-14(12(2)28-11)17(25)23-5-7-24(8-6-23)29(26,27)16-10-13(18(20,21)22)3-4-15(16)19/h3-4,9-10H,5-8H2,1-2H3. The van der Waals surface area contributed by atoms with Crippen LogP contribution in [-0.4, -0.2) is 49.7 Å². The third-order valence-electron chi connectivity index (χ3n) is 4.67. The number of amides is 1. The quantitative estimate of drug-likeness (QED) is 0.681. The van der Waals surface area contributed by atoms with Crippen LogP contribution in [0.15, 0.2) is 29.2 Å². The van der Waals surface area contributed by atoms with Crippen molar-refractivity contribution in [1.29, 1.82) is 0 Å². The molecule has 0 saturated carbocycles. The molecule has 0 radical (unpaired) electrons. The van der Waals surface area contributed by atoms with Gasteiger partial charge in [0.25, 0.3) is 5.91 Å². The highest BCUT2D eigenvalue weighted by Crippen LogP contribution is 2.34. The van der Waals surface area contributed by atoms with Gasteiger partial charge in [-0.05, 0) is 38.1 Å². The minimum Gasteiger partial charge on any atom is -0.336 e. The van der Waals surface area contributed by atoms with Gasteiger partial charge in [0, 0.05) is 35.9 Å². The first kappa shape index (κ1) is 22.1. The maximum atomic E-state index is 13.0. The van der Waals surface area contributed by atoms with Crippen LogP contribution in [0.25, 0.3) is 0 Å². The molecule has 2 aromatic rings. The SMILES string of the molecule is Cc1cc(C(=O)N2CCN(S(=O)(=O)c3cc(C(F)(F)F)ccc3Cl)CC2)c(C)s1. The highest BCUT2D eigenvalue weighted by molar-refractivity contribution is 7.89. The molecule has 1 aliphatic heterocycles. The molecule has 1 amide bonds. The molecule has 0 N–H and O–H groups in total. The summed E-state index contributed by atoms with van der Waals surface area (Å²) < 4.78 is 65.7. The van der Waals surface area contributed by atoms with Crippen LogP contribution in [0.3, 0.4) is 0 Å². The van der Waals surface area contributed by atoms with E-state index in [1.807, 2.05) is 13.8 Å². The van der Waals surface area contributed by atoms with Crippen molar-refractivity contribution in [3.05, 3.63) is 50.2 Å². The fourth-order valence-electron chi connectivity index (χ4n) is 3.16. The van der Waals surface area contributed by atoms with Crippen LogP contribution in [0.1, 0.15) is 25.7 Å². The number of sulfonamides is 1. The number of carbonyl (C=O) groups excluding carboxylic acids is 1. The average molecular weight is 467 g/mol. The molecule has 1 fully saturated rings. The molecule has 1 aromatic carbocycles. The zero-order valence-electron chi connectivity index (χ0n) is 15.6. The van der Waals surface area contributed by atoms with Crippen LogP contribution in [0.4, 0.5) is 13.2 Å². The van der Waals surface area contributed by atoms with Crippen molar-refractivity contribution >= 4 is 38.9 Å². The molecular formula is C18H18ClF3N2O3S2. The minimum atomic E-state index is -4.68. The number of halogens is 4. The molecule has 11 heteroatoms. The molecule has 29 heavy (non-hydrogen) atoms. The molecule has 0 aliphatic carbocycles. The molecule has 0 bridgehead atoms. The molecule has 1 aromatic heterocycles. The summed E-state index contributed by atoms with van der Waals surface area (Å²) in [5.74, 6) is -0.180. The largest absolute Gasteiger partial charge is 0.416 e. The lowest BCUT2D eigenvalue weighted by Gasteiger charge is -2.34. The zero-order chi connectivity index (χ0) is 21.6. The van der Waals surface area contributed by atoms with Crippen LogP contribution in [0.5, 0.6) is 0 Å². The third kappa shape index (κ3) is 4.45. The summed E-state index contributed by atoms with van der Waals surface area (Å²) in [6, 6.07) is 4.02. The first-order valence-corrected chi connectivity index (χ1v) is 11.3. The van der Waals surface area contributed by atoms with Crippen LogP contribution in [-0.2, 0) is 16.2 Å². The monoisotopic (exact) mass is 466 g/mol. The lowest BCUT2D eigenvalue weighted by Crippen LogP contribution is -2.50. The summed E-state index contributed by atoms with van der Waals surface area (Å²) in [6.07, 6.45) is -4.68. The van der Waals surface area contributed by atoms with Crippen LogP contribution in [0, 0.1) is 13.8 Å². The molecule has 1 aliphatic rings. The van der Waals surface area contributed by atoms with Crippen molar-refractivity contribution in [3.63, 3.8) is 0 Å². The van der Waals surface area contributed by atoms with Crippen LogP contribution in [0.2, 0.25) is 5.02 Å². The number of nitrogens with zero attached hydrogens (tertiary/aromatic N) is 2. The van der Waals surface area contributed by atoms with Gasteiger partial charge in [0.2, 0.25) is 10.0 Å². The van der Waals surface area contributed by atoms with E-state index in [0.29, 0.717) is 11.6 Å². The molecule has 2 heterocycles. The van der Waals surface area contributed by atoms with E-state index < -0.39 is 26.7 Å². The number of aryl methyl sites for hydroxylation is 2. The number of piperazine rings is 1. The summed E-state index contributed by atoms with van der Waals surface area (Å²) >= 11 is 7.40. The summed E-state index contributed by atoms with van der Waals surface area (Å²) in [6.45, 7) is 3.98. The first-order valence-electron chi connectivity index (χ1n) is 8.64. The van der Waals surface area contributed by atoms with Crippen molar-refractivity contribution in [2.75, 3.05) is 26.2 Å². The van der Waals surface area contributed by atoms with Gasteiger partial charge in [0.05, 0.1) is 16.1 Å². The van der Waals surface area contributed by atoms with Gasteiger partial charge in [-0.1, -0.05) is 11.6 Å². The average Bonchev–Trinajstić information content (AvgIpc) is 2.98. The Labute approximate surface area is 175 Å². The van der Waals surface area contributed by atoms with Gasteiger partial charge in [-0.2, -0.15) is 17.5 Å².